The van der Waals surface area contributed by atoms with E-state index in [-0.39, 0.29) is 11.9 Å². The van der Waals surface area contributed by atoms with Gasteiger partial charge in [0.2, 0.25) is 0 Å². The van der Waals surface area contributed by atoms with Gasteiger partial charge in [-0.05, 0) is 12.6 Å². The van der Waals surface area contributed by atoms with E-state index in [4.69, 9.17) is 4.74 Å². The van der Waals surface area contributed by atoms with Gasteiger partial charge < -0.3 is 10.1 Å². The number of nitrogens with zero attached hydrogens (tertiary/aromatic N) is 3. The van der Waals surface area contributed by atoms with Crippen molar-refractivity contribution in [2.45, 2.75) is 19.4 Å². The zero-order valence-corrected chi connectivity index (χ0v) is 11.9. The van der Waals surface area contributed by atoms with Crippen LogP contribution in [0.3, 0.4) is 0 Å². The molecule has 0 aliphatic rings. The lowest BCUT2D eigenvalue weighted by atomic mass is 10.0. The van der Waals surface area contributed by atoms with Crippen LogP contribution in [-0.4, -0.2) is 28.4 Å². The summed E-state index contributed by atoms with van der Waals surface area (Å²) >= 11 is 0. The molecule has 0 radical (unpaired) electrons. The summed E-state index contributed by atoms with van der Waals surface area (Å²) in [5.74, 6) is 1.05. The first-order valence-electron chi connectivity index (χ1n) is 6.55. The lowest BCUT2D eigenvalue weighted by Gasteiger charge is -2.19. The molecule has 108 valence electrons. The van der Waals surface area contributed by atoms with Gasteiger partial charge in [-0.1, -0.05) is 13.0 Å². The van der Waals surface area contributed by atoms with Crippen LogP contribution in [0.5, 0.6) is 5.75 Å². The number of hydrogen-bond acceptors (Lipinski definition) is 4. The Morgan fingerprint density at radius 3 is 2.80 bits per heavy atom. The second kappa shape index (κ2) is 6.47. The minimum Gasteiger partial charge on any atom is -0.497 e. The number of aryl methyl sites for hydroxylation is 1. The average Bonchev–Trinajstić information content (AvgIpc) is 2.84. The monoisotopic (exact) mass is 278 g/mol. The maximum Gasteiger partial charge on any atom is 0.138 e. The summed E-state index contributed by atoms with van der Waals surface area (Å²) in [5.41, 5.74) is 0.607. The maximum atomic E-state index is 14.2. The average molecular weight is 278 g/mol. The Morgan fingerprint density at radius 2 is 2.25 bits per heavy atom. The molecule has 6 heteroatoms. The van der Waals surface area contributed by atoms with Gasteiger partial charge in [-0.25, -0.2) is 9.37 Å². The first kappa shape index (κ1) is 14.5. The number of hydrogen-bond donors (Lipinski definition) is 1. The van der Waals surface area contributed by atoms with E-state index in [9.17, 15) is 4.39 Å². The molecule has 1 heterocycles. The fraction of sp³-hybridized carbons (Fsp3) is 0.429. The van der Waals surface area contributed by atoms with Crippen LogP contribution >= 0.6 is 0 Å². The Kier molecular flexibility index (Phi) is 4.68. The van der Waals surface area contributed by atoms with Crippen LogP contribution in [0.2, 0.25) is 0 Å². The van der Waals surface area contributed by atoms with Gasteiger partial charge in [-0.3, -0.25) is 4.68 Å². The van der Waals surface area contributed by atoms with E-state index in [1.54, 1.807) is 16.8 Å². The van der Waals surface area contributed by atoms with E-state index in [0.29, 0.717) is 17.7 Å². The van der Waals surface area contributed by atoms with Crippen molar-refractivity contribution in [1.29, 1.82) is 0 Å². The summed E-state index contributed by atoms with van der Waals surface area (Å²) in [6.07, 6.45) is 2.08. The Morgan fingerprint density at radius 1 is 1.45 bits per heavy atom. The molecule has 0 aliphatic heterocycles. The van der Waals surface area contributed by atoms with Gasteiger partial charge >= 0.3 is 0 Å². The van der Waals surface area contributed by atoms with E-state index < -0.39 is 0 Å². The number of nitrogens with one attached hydrogen (secondary N) is 1. The third-order valence-corrected chi connectivity index (χ3v) is 3.23. The highest BCUT2D eigenvalue weighted by Crippen LogP contribution is 2.24. The van der Waals surface area contributed by atoms with Crippen molar-refractivity contribution in [3.05, 3.63) is 41.7 Å². The van der Waals surface area contributed by atoms with Crippen LogP contribution in [0.4, 0.5) is 4.39 Å². The number of benzene rings is 1. The first-order valence-corrected chi connectivity index (χ1v) is 6.55. The molecular weight excluding hydrogens is 259 g/mol. The van der Waals surface area contributed by atoms with Crippen molar-refractivity contribution < 1.29 is 9.13 Å². The zero-order valence-electron chi connectivity index (χ0n) is 11.9. The summed E-state index contributed by atoms with van der Waals surface area (Å²) in [7, 11) is 3.35. The van der Waals surface area contributed by atoms with Crippen LogP contribution in [0, 0.1) is 5.82 Å². The van der Waals surface area contributed by atoms with Crippen molar-refractivity contribution in [2.75, 3.05) is 13.7 Å². The van der Waals surface area contributed by atoms with Crippen molar-refractivity contribution in [1.82, 2.24) is 20.1 Å². The molecule has 0 saturated carbocycles. The largest absolute Gasteiger partial charge is 0.497 e. The predicted molar refractivity (Wildman–Crippen MR) is 74.1 cm³/mol. The standard InChI is InChI=1S/C14H19FN4O/c1-4-16-13(8-14-17-9-18-19(14)2)11-6-5-10(20-3)7-12(11)15/h5-7,9,13,16H,4,8H2,1-3H3. The zero-order chi connectivity index (χ0) is 14.5. The quantitative estimate of drug-likeness (QED) is 0.876. The van der Waals surface area contributed by atoms with E-state index in [0.717, 1.165) is 12.4 Å². The number of likely N-dealkylation sites (N-methyl/N-ethyl adjacent to an activating group) is 1. The Labute approximate surface area is 117 Å². The van der Waals surface area contributed by atoms with Crippen LogP contribution < -0.4 is 10.1 Å². The number of rotatable bonds is 6. The molecule has 20 heavy (non-hydrogen) atoms. The van der Waals surface area contributed by atoms with Gasteiger partial charge in [0.1, 0.15) is 23.7 Å². The van der Waals surface area contributed by atoms with Crippen LogP contribution in [0.1, 0.15) is 24.4 Å². The molecule has 2 aromatic rings. The first-order chi connectivity index (χ1) is 9.65. The maximum absolute atomic E-state index is 14.2. The van der Waals surface area contributed by atoms with Crippen molar-refractivity contribution in [3.63, 3.8) is 0 Å². The summed E-state index contributed by atoms with van der Waals surface area (Å²) in [4.78, 5) is 4.19. The predicted octanol–water partition coefficient (Wildman–Crippen LogP) is 1.86. The number of halogens is 1. The summed E-state index contributed by atoms with van der Waals surface area (Å²) in [6, 6.07) is 4.77. The molecule has 1 aromatic heterocycles. The molecule has 1 N–H and O–H groups in total. The second-order valence-electron chi connectivity index (χ2n) is 4.50. The molecular formula is C14H19FN4O. The van der Waals surface area contributed by atoms with Gasteiger partial charge in [0, 0.05) is 31.1 Å². The Hall–Kier alpha value is -1.95. The highest BCUT2D eigenvalue weighted by atomic mass is 19.1. The molecule has 0 saturated heterocycles. The molecule has 0 aliphatic carbocycles. The fourth-order valence-electron chi connectivity index (χ4n) is 2.14. The number of methoxy groups -OCH3 is 1. The third kappa shape index (κ3) is 3.14. The Bertz CT molecular complexity index is 570. The minimum absolute atomic E-state index is 0.145. The van der Waals surface area contributed by atoms with Gasteiger partial charge in [0.25, 0.3) is 0 Å². The third-order valence-electron chi connectivity index (χ3n) is 3.23. The lowest BCUT2D eigenvalue weighted by molar-refractivity contribution is 0.408. The molecule has 0 amide bonds. The van der Waals surface area contributed by atoms with Gasteiger partial charge in [0.15, 0.2) is 0 Å². The fourth-order valence-corrected chi connectivity index (χ4v) is 2.14. The molecule has 1 aromatic carbocycles. The molecule has 1 atom stereocenters. The Balaban J connectivity index is 2.26. The minimum atomic E-state index is -0.280. The second-order valence-corrected chi connectivity index (χ2v) is 4.50. The topological polar surface area (TPSA) is 52.0 Å². The van der Waals surface area contributed by atoms with Crippen molar-refractivity contribution in [2.24, 2.45) is 7.05 Å². The highest BCUT2D eigenvalue weighted by molar-refractivity contribution is 5.31. The van der Waals surface area contributed by atoms with Crippen LogP contribution in [0.15, 0.2) is 24.5 Å². The van der Waals surface area contributed by atoms with Gasteiger partial charge in [0.05, 0.1) is 7.11 Å². The molecule has 1 unspecified atom stereocenters. The normalized spacial score (nSPS) is 12.4. The van der Waals surface area contributed by atoms with Crippen molar-refractivity contribution in [3.8, 4) is 5.75 Å². The lowest BCUT2D eigenvalue weighted by Crippen LogP contribution is -2.25. The smallest absolute Gasteiger partial charge is 0.138 e. The van der Waals surface area contributed by atoms with Crippen LogP contribution in [-0.2, 0) is 13.5 Å². The number of ether oxygens (including phenoxy) is 1. The number of aromatic nitrogens is 3. The van der Waals surface area contributed by atoms with E-state index in [2.05, 4.69) is 15.4 Å². The summed E-state index contributed by atoms with van der Waals surface area (Å²) in [6.45, 7) is 2.74. The van der Waals surface area contributed by atoms with E-state index >= 15 is 0 Å². The highest BCUT2D eigenvalue weighted by Gasteiger charge is 2.18. The molecule has 0 spiro atoms. The van der Waals surface area contributed by atoms with Gasteiger partial charge in [-0.15, -0.1) is 0 Å². The summed E-state index contributed by atoms with van der Waals surface area (Å²) < 4.78 is 20.9. The van der Waals surface area contributed by atoms with E-state index in [1.807, 2.05) is 14.0 Å². The van der Waals surface area contributed by atoms with E-state index in [1.165, 1.54) is 19.5 Å². The molecule has 0 fully saturated rings. The molecule has 5 nitrogen and oxygen atoms in total. The van der Waals surface area contributed by atoms with Crippen LogP contribution in [0.25, 0.3) is 0 Å². The molecule has 0 bridgehead atoms. The van der Waals surface area contributed by atoms with Crippen molar-refractivity contribution >= 4 is 0 Å². The van der Waals surface area contributed by atoms with Gasteiger partial charge in [-0.2, -0.15) is 5.10 Å². The molecule has 2 rings (SSSR count). The SMILES string of the molecule is CCNC(Cc1ncnn1C)c1ccc(OC)cc1F. The summed E-state index contributed by atoms with van der Waals surface area (Å²) in [5, 5.41) is 7.32.